The van der Waals surface area contributed by atoms with Crippen LogP contribution in [0.5, 0.6) is 11.5 Å². The van der Waals surface area contributed by atoms with Gasteiger partial charge in [0.05, 0.1) is 18.9 Å². The number of fused-ring (bicyclic) bond motifs is 1. The smallest absolute Gasteiger partial charge is 0.229 e. The van der Waals surface area contributed by atoms with Gasteiger partial charge in [-0.2, -0.15) is 0 Å². The Morgan fingerprint density at radius 2 is 1.69 bits per heavy atom. The van der Waals surface area contributed by atoms with Gasteiger partial charge >= 0.3 is 0 Å². The molecule has 0 spiro atoms. The minimum atomic E-state index is -0.193. The van der Waals surface area contributed by atoms with Gasteiger partial charge in [0.25, 0.3) is 0 Å². The summed E-state index contributed by atoms with van der Waals surface area (Å²) in [5.74, 6) is 1.59. The molecule has 3 heterocycles. The number of benzene rings is 1. The van der Waals surface area contributed by atoms with E-state index >= 15 is 0 Å². The van der Waals surface area contributed by atoms with Crippen molar-refractivity contribution in [1.82, 2.24) is 9.80 Å². The normalized spacial score (nSPS) is 24.9. The molecule has 0 bridgehead atoms. The van der Waals surface area contributed by atoms with Gasteiger partial charge < -0.3 is 19.3 Å². The van der Waals surface area contributed by atoms with Crippen LogP contribution in [0.15, 0.2) is 18.2 Å². The zero-order chi connectivity index (χ0) is 20.2. The van der Waals surface area contributed by atoms with Crippen LogP contribution in [0.25, 0.3) is 0 Å². The van der Waals surface area contributed by atoms with E-state index in [0.29, 0.717) is 19.6 Å². The third kappa shape index (κ3) is 4.36. The first-order chi connectivity index (χ1) is 14.2. The topological polar surface area (TPSA) is 59.1 Å². The molecule has 2 saturated heterocycles. The van der Waals surface area contributed by atoms with Crippen molar-refractivity contribution in [2.75, 3.05) is 39.9 Å². The summed E-state index contributed by atoms with van der Waals surface area (Å²) in [7, 11) is 1.63. The molecule has 6 nitrogen and oxygen atoms in total. The van der Waals surface area contributed by atoms with Gasteiger partial charge in [-0.15, -0.1) is 0 Å². The van der Waals surface area contributed by atoms with Gasteiger partial charge in [0.2, 0.25) is 11.8 Å². The van der Waals surface area contributed by atoms with Crippen LogP contribution in [0.2, 0.25) is 0 Å². The Bertz CT molecular complexity index is 742. The molecule has 1 aromatic carbocycles. The lowest BCUT2D eigenvalue weighted by Gasteiger charge is -2.37. The molecule has 29 heavy (non-hydrogen) atoms. The standard InChI is InChI=1S/C23H32N2O4/c1-28-20-10-6-8-17-14-19(16-29-21(17)20)23(27)25-13-7-9-18(15-25)22(26)24-11-4-2-3-5-12-24/h6,8,10,18-19H,2-5,7,9,11-16H2,1H3. The van der Waals surface area contributed by atoms with E-state index in [4.69, 9.17) is 9.47 Å². The number of nitrogens with zero attached hydrogens (tertiary/aromatic N) is 2. The van der Waals surface area contributed by atoms with Crippen LogP contribution in [0.1, 0.15) is 44.1 Å². The second-order valence-electron chi connectivity index (χ2n) is 8.52. The predicted molar refractivity (Wildman–Crippen MR) is 110 cm³/mol. The van der Waals surface area contributed by atoms with Crippen LogP contribution < -0.4 is 9.47 Å². The first kappa shape index (κ1) is 20.0. The van der Waals surface area contributed by atoms with Gasteiger partial charge in [0, 0.05) is 26.2 Å². The highest BCUT2D eigenvalue weighted by Gasteiger charge is 2.36. The maximum Gasteiger partial charge on any atom is 0.229 e. The van der Waals surface area contributed by atoms with Gasteiger partial charge in [-0.3, -0.25) is 9.59 Å². The van der Waals surface area contributed by atoms with E-state index in [-0.39, 0.29) is 23.7 Å². The number of ether oxygens (including phenoxy) is 2. The van der Waals surface area contributed by atoms with Gasteiger partial charge in [0.1, 0.15) is 6.61 Å². The van der Waals surface area contributed by atoms with E-state index in [0.717, 1.165) is 62.4 Å². The molecule has 3 aliphatic heterocycles. The molecule has 2 amide bonds. The van der Waals surface area contributed by atoms with Crippen molar-refractivity contribution in [1.29, 1.82) is 0 Å². The summed E-state index contributed by atoms with van der Waals surface area (Å²) in [5, 5.41) is 0. The van der Waals surface area contributed by atoms with Crippen molar-refractivity contribution < 1.29 is 19.1 Å². The molecule has 0 N–H and O–H groups in total. The highest BCUT2D eigenvalue weighted by atomic mass is 16.5. The largest absolute Gasteiger partial charge is 0.493 e. The van der Waals surface area contributed by atoms with Crippen LogP contribution in [-0.4, -0.2) is 61.5 Å². The molecule has 2 atom stereocenters. The molecular weight excluding hydrogens is 368 g/mol. The first-order valence-corrected chi connectivity index (χ1v) is 11.0. The zero-order valence-electron chi connectivity index (χ0n) is 17.4. The predicted octanol–water partition coefficient (Wildman–Crippen LogP) is 2.89. The monoisotopic (exact) mass is 400 g/mol. The third-order valence-corrected chi connectivity index (χ3v) is 6.52. The highest BCUT2D eigenvalue weighted by Crippen LogP contribution is 2.36. The number of piperidine rings is 1. The molecule has 158 valence electrons. The van der Waals surface area contributed by atoms with Crippen LogP contribution in [0, 0.1) is 11.8 Å². The number of carbonyl (C=O) groups is 2. The lowest BCUT2D eigenvalue weighted by Crippen LogP contribution is -2.49. The van der Waals surface area contributed by atoms with Crippen molar-refractivity contribution in [3.63, 3.8) is 0 Å². The zero-order valence-corrected chi connectivity index (χ0v) is 17.4. The van der Waals surface area contributed by atoms with E-state index in [1.807, 2.05) is 28.0 Å². The number of hydrogen-bond acceptors (Lipinski definition) is 4. The molecular formula is C23H32N2O4. The lowest BCUT2D eigenvalue weighted by molar-refractivity contribution is -0.143. The summed E-state index contributed by atoms with van der Waals surface area (Å²) in [6.45, 7) is 3.41. The van der Waals surface area contributed by atoms with Crippen LogP contribution >= 0.6 is 0 Å². The van der Waals surface area contributed by atoms with Crippen molar-refractivity contribution in [2.45, 2.75) is 44.9 Å². The summed E-state index contributed by atoms with van der Waals surface area (Å²) in [6, 6.07) is 5.81. The summed E-state index contributed by atoms with van der Waals surface area (Å²) in [6.07, 6.45) is 7.08. The lowest BCUT2D eigenvalue weighted by atomic mass is 9.92. The minimum absolute atomic E-state index is 0.0531. The summed E-state index contributed by atoms with van der Waals surface area (Å²) in [4.78, 5) is 30.2. The van der Waals surface area contributed by atoms with Crippen LogP contribution in [-0.2, 0) is 16.0 Å². The fraction of sp³-hybridized carbons (Fsp3) is 0.652. The first-order valence-electron chi connectivity index (χ1n) is 11.0. The van der Waals surface area contributed by atoms with Crippen molar-refractivity contribution >= 4 is 11.8 Å². The molecule has 2 unspecified atom stereocenters. The third-order valence-electron chi connectivity index (χ3n) is 6.52. The SMILES string of the molecule is COc1cccc2c1OCC(C(=O)N1CCCC(C(=O)N3CCCCCC3)C1)C2. The Morgan fingerprint density at radius 1 is 0.966 bits per heavy atom. The Labute approximate surface area is 173 Å². The number of carbonyl (C=O) groups excluding carboxylic acids is 2. The Balaban J connectivity index is 1.39. The Kier molecular flexibility index (Phi) is 6.26. The molecule has 0 aromatic heterocycles. The average Bonchev–Trinajstić information content (AvgIpc) is 3.07. The van der Waals surface area contributed by atoms with E-state index in [1.54, 1.807) is 7.11 Å². The quantitative estimate of drug-likeness (QED) is 0.783. The van der Waals surface area contributed by atoms with Crippen molar-refractivity contribution in [2.24, 2.45) is 11.8 Å². The fourth-order valence-electron chi connectivity index (χ4n) is 4.90. The molecule has 2 fully saturated rings. The molecule has 1 aromatic rings. The summed E-state index contributed by atoms with van der Waals surface area (Å²) < 4.78 is 11.3. The van der Waals surface area contributed by atoms with Crippen molar-refractivity contribution in [3.05, 3.63) is 23.8 Å². The Hall–Kier alpha value is -2.24. The average molecular weight is 401 g/mol. The van der Waals surface area contributed by atoms with E-state index in [2.05, 4.69) is 0 Å². The maximum absolute atomic E-state index is 13.2. The van der Waals surface area contributed by atoms with Gasteiger partial charge in [-0.1, -0.05) is 25.0 Å². The maximum atomic E-state index is 13.2. The number of likely N-dealkylation sites (tertiary alicyclic amines) is 2. The Morgan fingerprint density at radius 3 is 2.45 bits per heavy atom. The number of hydrogen-bond donors (Lipinski definition) is 0. The number of rotatable bonds is 3. The summed E-state index contributed by atoms with van der Waals surface area (Å²) >= 11 is 0. The number of amides is 2. The van der Waals surface area contributed by atoms with Crippen molar-refractivity contribution in [3.8, 4) is 11.5 Å². The van der Waals surface area contributed by atoms with E-state index < -0.39 is 0 Å². The van der Waals surface area contributed by atoms with E-state index in [9.17, 15) is 9.59 Å². The fourth-order valence-corrected chi connectivity index (χ4v) is 4.90. The second kappa shape index (κ2) is 9.06. The molecule has 3 aliphatic rings. The number of methoxy groups -OCH3 is 1. The molecule has 0 saturated carbocycles. The second-order valence-corrected chi connectivity index (χ2v) is 8.52. The molecule has 4 rings (SSSR count). The summed E-state index contributed by atoms with van der Waals surface area (Å²) in [5.41, 5.74) is 1.02. The van der Waals surface area contributed by atoms with Gasteiger partial charge in [-0.05, 0) is 43.7 Å². The number of para-hydroxylation sites is 1. The van der Waals surface area contributed by atoms with Gasteiger partial charge in [0.15, 0.2) is 11.5 Å². The highest BCUT2D eigenvalue weighted by molar-refractivity contribution is 5.83. The van der Waals surface area contributed by atoms with E-state index in [1.165, 1.54) is 12.8 Å². The molecule has 0 aliphatic carbocycles. The molecule has 6 heteroatoms. The molecule has 0 radical (unpaired) electrons. The van der Waals surface area contributed by atoms with Gasteiger partial charge in [-0.25, -0.2) is 0 Å². The van der Waals surface area contributed by atoms with Crippen LogP contribution in [0.3, 0.4) is 0 Å². The van der Waals surface area contributed by atoms with Crippen LogP contribution in [0.4, 0.5) is 0 Å². The minimum Gasteiger partial charge on any atom is -0.493 e.